The Morgan fingerprint density at radius 1 is 0.393 bits per heavy atom. The van der Waals surface area contributed by atoms with Gasteiger partial charge >= 0.3 is 0 Å². The Labute approximate surface area is 325 Å². The summed E-state index contributed by atoms with van der Waals surface area (Å²) in [5.41, 5.74) is 9.09. The van der Waals surface area contributed by atoms with Crippen LogP contribution in [0.1, 0.15) is 0 Å². The molecule has 5 heteroatoms. The first-order valence-electron chi connectivity index (χ1n) is 18.7. The van der Waals surface area contributed by atoms with Crippen LogP contribution in [0.4, 0.5) is 0 Å². The minimum Gasteiger partial charge on any atom is -0.309 e. The molecule has 10 rings (SSSR count). The summed E-state index contributed by atoms with van der Waals surface area (Å²) in [5, 5.41) is 6.77. The molecule has 0 aliphatic carbocycles. The van der Waals surface area contributed by atoms with E-state index in [0.29, 0.717) is 5.82 Å². The van der Waals surface area contributed by atoms with E-state index < -0.39 is 7.14 Å². The predicted molar refractivity (Wildman–Crippen MR) is 233 cm³/mol. The second-order valence-corrected chi connectivity index (χ2v) is 16.7. The average molecular weight is 736 g/mol. The summed E-state index contributed by atoms with van der Waals surface area (Å²) >= 11 is 0. The molecule has 0 aliphatic rings. The van der Waals surface area contributed by atoms with Gasteiger partial charge in [0.15, 0.2) is 13.0 Å². The smallest absolute Gasteiger partial charge is 0.171 e. The highest BCUT2D eigenvalue weighted by molar-refractivity contribution is 7.85. The largest absolute Gasteiger partial charge is 0.309 e. The molecule has 0 saturated heterocycles. The molecule has 0 N–H and O–H groups in total. The lowest BCUT2D eigenvalue weighted by Gasteiger charge is -2.20. The molecule has 0 fully saturated rings. The molecule has 8 aromatic carbocycles. The van der Waals surface area contributed by atoms with Gasteiger partial charge in [0.05, 0.1) is 16.7 Å². The lowest BCUT2D eigenvalue weighted by Crippen LogP contribution is -2.24. The van der Waals surface area contributed by atoms with Crippen molar-refractivity contribution in [2.24, 2.45) is 0 Å². The van der Waals surface area contributed by atoms with E-state index in [4.69, 9.17) is 15.0 Å². The molecule has 10 aromatic rings. The fourth-order valence-electron chi connectivity index (χ4n) is 7.81. The van der Waals surface area contributed by atoms with Gasteiger partial charge in [0.1, 0.15) is 0 Å². The van der Waals surface area contributed by atoms with Crippen molar-refractivity contribution in [2.45, 2.75) is 0 Å². The van der Waals surface area contributed by atoms with E-state index in [0.717, 1.165) is 71.1 Å². The number of rotatable bonds is 7. The van der Waals surface area contributed by atoms with Crippen LogP contribution in [0.2, 0.25) is 0 Å². The van der Waals surface area contributed by atoms with E-state index in [1.54, 1.807) is 0 Å². The molecule has 0 aliphatic heterocycles. The van der Waals surface area contributed by atoms with E-state index in [9.17, 15) is 4.57 Å². The van der Waals surface area contributed by atoms with E-state index in [1.807, 2.05) is 85.1 Å². The Balaban J connectivity index is 1.02. The van der Waals surface area contributed by atoms with Crippen LogP contribution in [0.25, 0.3) is 77.5 Å². The lowest BCUT2D eigenvalue weighted by atomic mass is 9.92. The first-order chi connectivity index (χ1) is 27.6. The van der Waals surface area contributed by atoms with Crippen molar-refractivity contribution in [2.75, 3.05) is 0 Å². The summed E-state index contributed by atoms with van der Waals surface area (Å²) in [6.07, 6.45) is 1.90. The van der Waals surface area contributed by atoms with Crippen LogP contribution in [-0.4, -0.2) is 15.0 Å². The Bertz CT molecular complexity index is 3040. The Morgan fingerprint density at radius 3 is 1.66 bits per heavy atom. The van der Waals surface area contributed by atoms with E-state index in [-0.39, 0.29) is 0 Å². The van der Waals surface area contributed by atoms with Crippen LogP contribution in [0.15, 0.2) is 206 Å². The van der Waals surface area contributed by atoms with Gasteiger partial charge < -0.3 is 4.57 Å². The minimum absolute atomic E-state index is 0.647. The van der Waals surface area contributed by atoms with E-state index >= 15 is 0 Å². The van der Waals surface area contributed by atoms with Gasteiger partial charge in [-0.2, -0.15) is 0 Å². The molecule has 0 unspecified atom stereocenters. The normalized spacial score (nSPS) is 11.6. The van der Waals surface area contributed by atoms with Crippen LogP contribution in [-0.2, 0) is 4.57 Å². The van der Waals surface area contributed by atoms with Crippen molar-refractivity contribution >= 4 is 55.6 Å². The number of hydrogen-bond acceptors (Lipinski definition) is 4. The maximum atomic E-state index is 14.9. The first-order valence-corrected chi connectivity index (χ1v) is 20.4. The quantitative estimate of drug-likeness (QED) is 0.121. The first kappa shape index (κ1) is 33.6. The maximum Gasteiger partial charge on any atom is 0.171 e. The van der Waals surface area contributed by atoms with Crippen molar-refractivity contribution in [1.29, 1.82) is 0 Å². The highest BCUT2D eigenvalue weighted by Crippen LogP contribution is 2.43. The van der Waals surface area contributed by atoms with Gasteiger partial charge in [-0.3, -0.25) is 0 Å². The fraction of sp³-hybridized carbons (Fsp3) is 0. The third-order valence-electron chi connectivity index (χ3n) is 10.6. The highest BCUT2D eigenvalue weighted by Gasteiger charge is 2.29. The Hall–Kier alpha value is -7.00. The third-order valence-corrected chi connectivity index (χ3v) is 13.7. The highest BCUT2D eigenvalue weighted by atomic mass is 31.2. The summed E-state index contributed by atoms with van der Waals surface area (Å²) in [6.45, 7) is 0. The molecule has 0 radical (unpaired) electrons. The molecule has 4 nitrogen and oxygen atoms in total. The van der Waals surface area contributed by atoms with Gasteiger partial charge in [-0.05, 0) is 40.5 Å². The predicted octanol–water partition coefficient (Wildman–Crippen LogP) is 11.6. The SMILES string of the molecule is O=P(c1ccccc1)(c1ccccc1)c1ccc(-c2ccc3nc(-c4ccc5c(c4)nc(-c4ccccc4)c4cccc(-c6ccccc6)c45)ncc3c2)cc1. The van der Waals surface area contributed by atoms with Crippen molar-refractivity contribution < 1.29 is 4.57 Å². The third kappa shape index (κ3) is 5.88. The van der Waals surface area contributed by atoms with Crippen molar-refractivity contribution in [3.63, 3.8) is 0 Å². The van der Waals surface area contributed by atoms with Crippen molar-refractivity contribution in [3.8, 4) is 44.9 Å². The van der Waals surface area contributed by atoms with Gasteiger partial charge in [-0.25, -0.2) is 15.0 Å². The number of nitrogens with zero attached hydrogens (tertiary/aromatic N) is 3. The molecule has 2 aromatic heterocycles. The van der Waals surface area contributed by atoms with Gasteiger partial charge in [0, 0.05) is 54.8 Å². The standard InChI is InChI=1S/C51H34N3OP/c55-56(41-18-9-3-10-19-41,42-20-11-4-12-21-42)43-28-24-35(25-29-43)38-27-31-47-40(32-38)34-52-51(54-47)39-26-30-45-48(33-39)53-50(37-16-7-2-8-17-37)46-23-13-22-44(49(45)46)36-14-5-1-6-15-36/h1-34H. The number of aromatic nitrogens is 3. The second-order valence-electron chi connectivity index (χ2n) is 13.9. The molecule has 0 bridgehead atoms. The monoisotopic (exact) mass is 735 g/mol. The molecule has 0 atom stereocenters. The van der Waals surface area contributed by atoms with E-state index in [1.165, 1.54) is 16.5 Å². The summed E-state index contributed by atoms with van der Waals surface area (Å²) in [7, 11) is -3.05. The van der Waals surface area contributed by atoms with Crippen molar-refractivity contribution in [1.82, 2.24) is 15.0 Å². The summed E-state index contributed by atoms with van der Waals surface area (Å²) < 4.78 is 14.9. The number of pyridine rings is 1. The summed E-state index contributed by atoms with van der Waals surface area (Å²) in [5.74, 6) is 0.647. The Morgan fingerprint density at radius 2 is 0.982 bits per heavy atom. The second kappa shape index (κ2) is 14.0. The molecule has 56 heavy (non-hydrogen) atoms. The summed E-state index contributed by atoms with van der Waals surface area (Å²) in [6, 6.07) is 67.7. The van der Waals surface area contributed by atoms with Crippen LogP contribution in [0.3, 0.4) is 0 Å². The molecular weight excluding hydrogens is 702 g/mol. The van der Waals surface area contributed by atoms with E-state index in [2.05, 4.69) is 121 Å². The van der Waals surface area contributed by atoms with Crippen LogP contribution in [0, 0.1) is 0 Å². The number of benzene rings is 8. The number of fused-ring (bicyclic) bond motifs is 4. The van der Waals surface area contributed by atoms with Crippen LogP contribution < -0.4 is 15.9 Å². The van der Waals surface area contributed by atoms with Gasteiger partial charge in [-0.15, -0.1) is 0 Å². The van der Waals surface area contributed by atoms with Crippen LogP contribution >= 0.6 is 7.14 Å². The zero-order chi connectivity index (χ0) is 37.5. The topological polar surface area (TPSA) is 55.7 Å². The number of hydrogen-bond donors (Lipinski definition) is 0. The zero-order valence-corrected chi connectivity index (χ0v) is 31.2. The van der Waals surface area contributed by atoms with Gasteiger partial charge in [0.2, 0.25) is 0 Å². The van der Waals surface area contributed by atoms with Gasteiger partial charge in [0.25, 0.3) is 0 Å². The zero-order valence-electron chi connectivity index (χ0n) is 30.3. The Kier molecular flexibility index (Phi) is 8.40. The lowest BCUT2D eigenvalue weighted by molar-refractivity contribution is 0.592. The van der Waals surface area contributed by atoms with Crippen molar-refractivity contribution in [3.05, 3.63) is 206 Å². The molecule has 2 heterocycles. The average Bonchev–Trinajstić information content (AvgIpc) is 3.29. The molecular formula is C51H34N3OP. The summed E-state index contributed by atoms with van der Waals surface area (Å²) in [4.78, 5) is 15.2. The minimum atomic E-state index is -3.05. The molecule has 0 amide bonds. The molecule has 0 saturated carbocycles. The fourth-order valence-corrected chi connectivity index (χ4v) is 10.5. The van der Waals surface area contributed by atoms with Gasteiger partial charge in [-0.1, -0.05) is 182 Å². The molecule has 0 spiro atoms. The maximum absolute atomic E-state index is 14.9. The molecule has 264 valence electrons. The van der Waals surface area contributed by atoms with Crippen LogP contribution in [0.5, 0.6) is 0 Å².